The minimum Gasteiger partial charge on any atom is -0.419 e. The summed E-state index contributed by atoms with van der Waals surface area (Å²) < 4.78 is 45.6. The van der Waals surface area contributed by atoms with Crippen LogP contribution in [0, 0.1) is 11.3 Å². The summed E-state index contributed by atoms with van der Waals surface area (Å²) in [5, 5.41) is 11.9. The third-order valence-corrected chi connectivity index (χ3v) is 15.7. The van der Waals surface area contributed by atoms with Crippen LogP contribution < -0.4 is 10.4 Å². The first kappa shape index (κ1) is 26.9. The fourth-order valence-electron chi connectivity index (χ4n) is 4.05. The smallest absolute Gasteiger partial charge is 0.416 e. The second-order valence-electron chi connectivity index (χ2n) is 9.50. The number of rotatable bonds is 9. The van der Waals surface area contributed by atoms with Crippen molar-refractivity contribution in [1.29, 1.82) is 5.26 Å². The van der Waals surface area contributed by atoms with Crippen molar-refractivity contribution in [2.75, 3.05) is 6.61 Å². The van der Waals surface area contributed by atoms with Crippen molar-refractivity contribution in [2.45, 2.75) is 50.7 Å². The molecule has 0 aromatic heterocycles. The maximum Gasteiger partial charge on any atom is 0.416 e. The van der Waals surface area contributed by atoms with Crippen LogP contribution in [0.4, 0.5) is 13.2 Å². The Morgan fingerprint density at radius 3 is 1.77 bits per heavy atom. The van der Waals surface area contributed by atoms with E-state index in [0.29, 0.717) is 13.0 Å². The molecule has 3 rings (SSSR count). The van der Waals surface area contributed by atoms with E-state index in [4.69, 9.17) is 4.43 Å². The van der Waals surface area contributed by atoms with Crippen molar-refractivity contribution < 1.29 is 17.6 Å². The molecule has 0 aliphatic rings. The highest BCUT2D eigenvalue weighted by Crippen LogP contribution is 2.33. The molecule has 182 valence electrons. The maximum absolute atomic E-state index is 13.0. The third-order valence-electron chi connectivity index (χ3n) is 5.79. The molecule has 0 bridgehead atoms. The topological polar surface area (TPSA) is 33.0 Å². The monoisotopic (exact) mass is 509 g/mol. The van der Waals surface area contributed by atoms with E-state index >= 15 is 0 Å². The van der Waals surface area contributed by atoms with Crippen LogP contribution in [0.25, 0.3) is 0 Å². The van der Waals surface area contributed by atoms with E-state index in [1.807, 2.05) is 12.1 Å². The van der Waals surface area contributed by atoms with Crippen molar-refractivity contribution >= 4 is 27.2 Å². The molecule has 3 aromatic carbocycles. The van der Waals surface area contributed by atoms with E-state index in [2.05, 4.69) is 75.4 Å². The molecule has 0 N–H and O–H groups in total. The summed E-state index contributed by atoms with van der Waals surface area (Å²) in [6.07, 6.45) is -3.55. The van der Waals surface area contributed by atoms with Gasteiger partial charge < -0.3 is 4.43 Å². The summed E-state index contributed by atoms with van der Waals surface area (Å²) in [4.78, 5) is 0. The van der Waals surface area contributed by atoms with E-state index in [1.165, 1.54) is 22.5 Å². The van der Waals surface area contributed by atoms with Crippen LogP contribution in [0.3, 0.4) is 0 Å². The molecule has 0 aliphatic heterocycles. The van der Waals surface area contributed by atoms with E-state index in [0.717, 1.165) is 17.7 Å². The number of nitriles is 1. The van der Waals surface area contributed by atoms with Gasteiger partial charge in [-0.3, -0.25) is 0 Å². The lowest BCUT2D eigenvalue weighted by molar-refractivity contribution is -0.137. The number of benzene rings is 3. The second-order valence-corrected chi connectivity index (χ2v) is 16.7. The average Bonchev–Trinajstić information content (AvgIpc) is 2.83. The molecule has 1 unspecified atom stereocenters. The molecular weight excluding hydrogens is 479 g/mol. The molecule has 0 aliphatic carbocycles. The zero-order chi connectivity index (χ0) is 25.5. The highest BCUT2D eigenvalue weighted by molar-refractivity contribution is 7.32. The summed E-state index contributed by atoms with van der Waals surface area (Å²) in [5.74, 6) is -0.172. The van der Waals surface area contributed by atoms with E-state index in [1.54, 1.807) is 0 Å². The molecule has 7 heteroatoms. The first-order valence-electron chi connectivity index (χ1n) is 11.6. The Balaban J connectivity index is 1.82. The molecule has 0 saturated carbocycles. The summed E-state index contributed by atoms with van der Waals surface area (Å²) in [6, 6.07) is 28.4. The SMILES string of the molecule is CC(C)(C)[Si](OCCC(CC#N)c1ccc(C(F)(F)F)cc1)[Si](c1ccccc1)c1ccccc1. The number of nitrogens with zero attached hydrogens (tertiary/aromatic N) is 1. The number of halogens is 3. The zero-order valence-corrected chi connectivity index (χ0v) is 22.3. The molecule has 0 spiro atoms. The van der Waals surface area contributed by atoms with E-state index in [-0.39, 0.29) is 17.4 Å². The highest BCUT2D eigenvalue weighted by atomic mass is 29.2. The van der Waals surface area contributed by atoms with Gasteiger partial charge in [0.2, 0.25) is 8.56 Å². The van der Waals surface area contributed by atoms with Gasteiger partial charge in [0.1, 0.15) is 8.31 Å². The van der Waals surface area contributed by atoms with Gasteiger partial charge in [0.05, 0.1) is 11.6 Å². The van der Waals surface area contributed by atoms with Crippen molar-refractivity contribution in [3.63, 3.8) is 0 Å². The van der Waals surface area contributed by atoms with Crippen LogP contribution in [0.15, 0.2) is 84.9 Å². The lowest BCUT2D eigenvalue weighted by Gasteiger charge is -2.34. The van der Waals surface area contributed by atoms with Crippen LogP contribution in [0.1, 0.15) is 50.7 Å². The highest BCUT2D eigenvalue weighted by Gasteiger charge is 2.40. The van der Waals surface area contributed by atoms with Crippen LogP contribution in [0.2, 0.25) is 5.04 Å². The van der Waals surface area contributed by atoms with Gasteiger partial charge in [0, 0.05) is 13.0 Å². The Morgan fingerprint density at radius 1 is 0.829 bits per heavy atom. The summed E-state index contributed by atoms with van der Waals surface area (Å²) >= 11 is 0. The Morgan fingerprint density at radius 2 is 1.34 bits per heavy atom. The molecule has 2 nitrogen and oxygen atoms in total. The first-order chi connectivity index (χ1) is 16.6. The van der Waals surface area contributed by atoms with Crippen molar-refractivity contribution in [2.24, 2.45) is 0 Å². The second kappa shape index (κ2) is 11.8. The molecule has 0 fully saturated rings. The lowest BCUT2D eigenvalue weighted by Crippen LogP contribution is -2.59. The molecule has 1 atom stereocenters. The maximum atomic E-state index is 13.0. The predicted octanol–water partition coefficient (Wildman–Crippen LogP) is 6.29. The van der Waals surface area contributed by atoms with Crippen molar-refractivity contribution in [1.82, 2.24) is 0 Å². The molecule has 0 saturated heterocycles. The molecule has 0 heterocycles. The first-order valence-corrected chi connectivity index (χ1v) is 15.5. The molecule has 0 amide bonds. The largest absolute Gasteiger partial charge is 0.419 e. The summed E-state index contributed by atoms with van der Waals surface area (Å²) in [5.41, 5.74) is 0.0636. The quantitative estimate of drug-likeness (QED) is 0.318. The molecule has 35 heavy (non-hydrogen) atoms. The normalized spacial score (nSPS) is 13.1. The minimum atomic E-state index is -4.37. The Kier molecular flexibility index (Phi) is 9.11. The minimum absolute atomic E-state index is 0.0380. The fourth-order valence-corrected chi connectivity index (χ4v) is 13.2. The Labute approximate surface area is 209 Å². The van der Waals surface area contributed by atoms with Gasteiger partial charge in [-0.1, -0.05) is 104 Å². The predicted molar refractivity (Wildman–Crippen MR) is 138 cm³/mol. The van der Waals surface area contributed by atoms with Crippen LogP contribution in [-0.2, 0) is 10.6 Å². The summed E-state index contributed by atoms with van der Waals surface area (Å²) in [6.45, 7) is 7.13. The summed E-state index contributed by atoms with van der Waals surface area (Å²) in [7, 11) is -2.55. The zero-order valence-electron chi connectivity index (χ0n) is 20.3. The standard InChI is InChI=1S/C28H30F3NOSi2/c1-27(2,3)35(34(25-10-6-4-7-11-25)26-12-8-5-9-13-26)33-21-19-23(18-20-32)22-14-16-24(17-15-22)28(29,30)31/h4-17,23H,18-19,21H2,1-3H3. The van der Waals surface area contributed by atoms with Crippen LogP contribution >= 0.6 is 0 Å². The van der Waals surface area contributed by atoms with E-state index in [9.17, 15) is 18.4 Å². The number of hydrogen-bond acceptors (Lipinski definition) is 2. The van der Waals surface area contributed by atoms with Gasteiger partial charge in [-0.15, -0.1) is 0 Å². The number of hydrogen-bond donors (Lipinski definition) is 0. The van der Waals surface area contributed by atoms with Gasteiger partial charge in [-0.2, -0.15) is 18.4 Å². The van der Waals surface area contributed by atoms with Gasteiger partial charge in [-0.25, -0.2) is 0 Å². The van der Waals surface area contributed by atoms with Crippen molar-refractivity contribution in [3.05, 3.63) is 96.1 Å². The van der Waals surface area contributed by atoms with Crippen LogP contribution in [-0.4, -0.2) is 23.5 Å². The van der Waals surface area contributed by atoms with E-state index < -0.39 is 28.6 Å². The molecular formula is C28H30F3NOSi2. The number of alkyl halides is 3. The van der Waals surface area contributed by atoms with Crippen LogP contribution in [0.5, 0.6) is 0 Å². The van der Waals surface area contributed by atoms with Gasteiger partial charge in [0.15, 0.2) is 0 Å². The van der Waals surface area contributed by atoms with Gasteiger partial charge in [0.25, 0.3) is 0 Å². The third kappa shape index (κ3) is 7.41. The average molecular weight is 510 g/mol. The van der Waals surface area contributed by atoms with Crippen molar-refractivity contribution in [3.8, 4) is 6.07 Å². The fraction of sp³-hybridized carbons (Fsp3) is 0.321. The Bertz CT molecular complexity index is 1050. The molecule has 2 radical (unpaired) electrons. The van der Waals surface area contributed by atoms with Gasteiger partial charge in [-0.05, 0) is 35.1 Å². The molecule has 3 aromatic rings. The van der Waals surface area contributed by atoms with Gasteiger partial charge >= 0.3 is 6.18 Å². The Hall–Kier alpha value is -2.67. The lowest BCUT2D eigenvalue weighted by atomic mass is 9.92.